The molecule has 0 atom stereocenters. The maximum absolute atomic E-state index is 11.8. The lowest BCUT2D eigenvalue weighted by atomic mass is 10.0. The Bertz CT molecular complexity index is 449. The highest BCUT2D eigenvalue weighted by Crippen LogP contribution is 2.22. The van der Waals surface area contributed by atoms with E-state index in [0.717, 1.165) is 24.1 Å². The zero-order valence-electron chi connectivity index (χ0n) is 10.1. The van der Waals surface area contributed by atoms with Gasteiger partial charge in [0.1, 0.15) is 12.3 Å². The molecule has 5 nitrogen and oxygen atoms in total. The number of nitrogens with zero attached hydrogens (tertiary/aromatic N) is 2. The Hall–Kier alpha value is -1.78. The highest BCUT2D eigenvalue weighted by atomic mass is 16.7. The maximum Gasteiger partial charge on any atom is 0.359 e. The van der Waals surface area contributed by atoms with Gasteiger partial charge in [-0.25, -0.2) is 4.79 Å². The second kappa shape index (κ2) is 5.03. The van der Waals surface area contributed by atoms with E-state index in [2.05, 4.69) is 11.2 Å². The molecule has 0 aliphatic heterocycles. The molecule has 0 spiro atoms. The molecule has 1 aliphatic carbocycles. The molecule has 0 saturated heterocycles. The molecule has 1 heterocycles. The van der Waals surface area contributed by atoms with Gasteiger partial charge in [0, 0.05) is 5.56 Å². The normalized spacial score (nSPS) is 13.3. The van der Waals surface area contributed by atoms with Gasteiger partial charge in [0.15, 0.2) is 5.69 Å². The van der Waals surface area contributed by atoms with Gasteiger partial charge in [0.2, 0.25) is 0 Å². The minimum atomic E-state index is -0.377. The molecule has 0 unspecified atom stereocenters. The summed E-state index contributed by atoms with van der Waals surface area (Å²) in [6.07, 6.45) is 5.70. The molecular weight excluding hydrogens is 220 g/mol. The summed E-state index contributed by atoms with van der Waals surface area (Å²) >= 11 is 0. The summed E-state index contributed by atoms with van der Waals surface area (Å²) in [5, 5.41) is 4.17. The first kappa shape index (κ1) is 11.7. The molecular formula is C12H16N2O3. The molecule has 2 rings (SSSR count). The molecule has 0 saturated carbocycles. The minimum Gasteiger partial charge on any atom is -0.461 e. The second-order valence-electron chi connectivity index (χ2n) is 3.66. The van der Waals surface area contributed by atoms with Crippen molar-refractivity contribution in [2.75, 3.05) is 13.2 Å². The molecule has 0 fully saturated rings. The number of aromatic nitrogens is 2. The molecule has 1 aromatic heterocycles. The van der Waals surface area contributed by atoms with Crippen molar-refractivity contribution < 1.29 is 14.4 Å². The number of fused-ring (bicyclic) bond motifs is 1. The van der Waals surface area contributed by atoms with Crippen molar-refractivity contribution in [1.29, 1.82) is 0 Å². The Morgan fingerprint density at radius 3 is 3.00 bits per heavy atom. The quantitative estimate of drug-likeness (QED) is 0.743. The van der Waals surface area contributed by atoms with Gasteiger partial charge in [-0.1, -0.05) is 10.9 Å². The molecule has 17 heavy (non-hydrogen) atoms. The molecule has 0 bridgehead atoms. The summed E-state index contributed by atoms with van der Waals surface area (Å²) < 4.78 is 4.99. The van der Waals surface area contributed by atoms with Crippen molar-refractivity contribution in [3.8, 4) is 0 Å². The number of ether oxygens (including phenoxy) is 1. The standard InChI is InChI=1S/C12H16N2O3/c1-3-16-12(15)11-9-7-5-6-8-10(9)14(13-11)17-4-2/h6,8H,3-5,7H2,1-2H3. The summed E-state index contributed by atoms with van der Waals surface area (Å²) in [6, 6.07) is 0. The highest BCUT2D eigenvalue weighted by molar-refractivity contribution is 5.90. The van der Waals surface area contributed by atoms with Gasteiger partial charge in [-0.05, 0) is 32.8 Å². The zero-order valence-corrected chi connectivity index (χ0v) is 10.1. The molecule has 5 heteroatoms. The van der Waals surface area contributed by atoms with Gasteiger partial charge in [-0.15, -0.1) is 5.10 Å². The van der Waals surface area contributed by atoms with Gasteiger partial charge in [-0.3, -0.25) is 0 Å². The van der Waals surface area contributed by atoms with Crippen molar-refractivity contribution in [2.24, 2.45) is 0 Å². The predicted octanol–water partition coefficient (Wildman–Crippen LogP) is 1.47. The third-order valence-electron chi connectivity index (χ3n) is 2.55. The zero-order chi connectivity index (χ0) is 12.3. The Morgan fingerprint density at radius 2 is 2.29 bits per heavy atom. The van der Waals surface area contributed by atoms with E-state index in [1.807, 2.05) is 13.0 Å². The molecule has 0 N–H and O–H groups in total. The monoisotopic (exact) mass is 236 g/mol. The fourth-order valence-corrected chi connectivity index (χ4v) is 1.86. The Morgan fingerprint density at radius 1 is 1.47 bits per heavy atom. The number of rotatable bonds is 4. The van der Waals surface area contributed by atoms with E-state index in [9.17, 15) is 4.79 Å². The van der Waals surface area contributed by atoms with E-state index in [4.69, 9.17) is 9.57 Å². The van der Waals surface area contributed by atoms with E-state index in [-0.39, 0.29) is 5.97 Å². The van der Waals surface area contributed by atoms with Gasteiger partial charge < -0.3 is 9.57 Å². The van der Waals surface area contributed by atoms with Gasteiger partial charge in [0.25, 0.3) is 0 Å². The van der Waals surface area contributed by atoms with Crippen LogP contribution in [0.5, 0.6) is 0 Å². The minimum absolute atomic E-state index is 0.352. The first-order valence-corrected chi connectivity index (χ1v) is 5.86. The number of carbonyl (C=O) groups excluding carboxylic acids is 1. The fourth-order valence-electron chi connectivity index (χ4n) is 1.86. The van der Waals surface area contributed by atoms with Crippen molar-refractivity contribution >= 4 is 12.0 Å². The average Bonchev–Trinajstić information content (AvgIpc) is 2.70. The third kappa shape index (κ3) is 2.18. The SMILES string of the molecule is CCOC(=O)c1nn(OCC)c2c1CCC=C2. The molecule has 1 aliphatic rings. The first-order chi connectivity index (χ1) is 8.27. The largest absolute Gasteiger partial charge is 0.461 e. The van der Waals surface area contributed by atoms with Crippen LogP contribution in [0.25, 0.3) is 6.08 Å². The summed E-state index contributed by atoms with van der Waals surface area (Å²) in [7, 11) is 0. The molecule has 1 aromatic rings. The van der Waals surface area contributed by atoms with E-state index in [1.165, 1.54) is 4.85 Å². The summed E-state index contributed by atoms with van der Waals surface area (Å²) in [6.45, 7) is 4.52. The molecule has 0 amide bonds. The van der Waals surface area contributed by atoms with Crippen LogP contribution in [0.1, 0.15) is 42.0 Å². The van der Waals surface area contributed by atoms with Crippen LogP contribution in [0.4, 0.5) is 0 Å². The molecule has 0 aromatic carbocycles. The van der Waals surface area contributed by atoms with Crippen LogP contribution in [0.2, 0.25) is 0 Å². The van der Waals surface area contributed by atoms with Crippen molar-refractivity contribution in [3.05, 3.63) is 23.0 Å². The van der Waals surface area contributed by atoms with Crippen molar-refractivity contribution in [2.45, 2.75) is 26.7 Å². The number of esters is 1. The van der Waals surface area contributed by atoms with Crippen LogP contribution in [-0.2, 0) is 11.2 Å². The summed E-state index contributed by atoms with van der Waals surface area (Å²) in [5.74, 6) is -0.377. The average molecular weight is 236 g/mol. The Kier molecular flexibility index (Phi) is 3.46. The lowest BCUT2D eigenvalue weighted by Gasteiger charge is -2.08. The van der Waals surface area contributed by atoms with Crippen LogP contribution in [0, 0.1) is 0 Å². The fraction of sp³-hybridized carbons (Fsp3) is 0.500. The maximum atomic E-state index is 11.8. The van der Waals surface area contributed by atoms with E-state index in [1.54, 1.807) is 6.92 Å². The topological polar surface area (TPSA) is 53.3 Å². The Balaban J connectivity index is 2.39. The van der Waals surface area contributed by atoms with E-state index in [0.29, 0.717) is 18.9 Å². The summed E-state index contributed by atoms with van der Waals surface area (Å²) in [5.41, 5.74) is 2.14. The summed E-state index contributed by atoms with van der Waals surface area (Å²) in [4.78, 5) is 18.5. The third-order valence-corrected chi connectivity index (χ3v) is 2.55. The smallest absolute Gasteiger partial charge is 0.359 e. The lowest BCUT2D eigenvalue weighted by Crippen LogP contribution is -2.15. The number of carbonyl (C=O) groups is 1. The van der Waals surface area contributed by atoms with Crippen molar-refractivity contribution in [3.63, 3.8) is 0 Å². The van der Waals surface area contributed by atoms with E-state index >= 15 is 0 Å². The highest BCUT2D eigenvalue weighted by Gasteiger charge is 2.24. The predicted molar refractivity (Wildman–Crippen MR) is 62.7 cm³/mol. The first-order valence-electron chi connectivity index (χ1n) is 5.86. The van der Waals surface area contributed by atoms with Crippen LogP contribution in [-0.4, -0.2) is 29.1 Å². The van der Waals surface area contributed by atoms with E-state index < -0.39 is 0 Å². The Labute approximate surface area is 100.0 Å². The van der Waals surface area contributed by atoms with Crippen LogP contribution >= 0.6 is 0 Å². The van der Waals surface area contributed by atoms with Crippen LogP contribution in [0.3, 0.4) is 0 Å². The lowest BCUT2D eigenvalue weighted by molar-refractivity contribution is 0.0499. The number of hydrogen-bond acceptors (Lipinski definition) is 4. The van der Waals surface area contributed by atoms with Gasteiger partial charge in [0.05, 0.1) is 6.61 Å². The number of hydrogen-bond donors (Lipinski definition) is 0. The van der Waals surface area contributed by atoms with Gasteiger partial charge in [-0.2, -0.15) is 0 Å². The van der Waals surface area contributed by atoms with Gasteiger partial charge >= 0.3 is 5.97 Å². The van der Waals surface area contributed by atoms with Crippen molar-refractivity contribution in [1.82, 2.24) is 9.94 Å². The molecule has 92 valence electrons. The second-order valence-corrected chi connectivity index (χ2v) is 3.66. The number of allylic oxidation sites excluding steroid dienone is 1. The van der Waals surface area contributed by atoms with Crippen LogP contribution in [0.15, 0.2) is 6.08 Å². The van der Waals surface area contributed by atoms with Crippen LogP contribution < -0.4 is 4.84 Å². The molecule has 0 radical (unpaired) electrons.